The van der Waals surface area contributed by atoms with Gasteiger partial charge in [-0.3, -0.25) is 4.57 Å². The van der Waals surface area contributed by atoms with Crippen LogP contribution in [0.15, 0.2) is 103 Å². The summed E-state index contributed by atoms with van der Waals surface area (Å²) in [5.74, 6) is -3.47. The van der Waals surface area contributed by atoms with Gasteiger partial charge in [-0.25, -0.2) is 23.8 Å². The Morgan fingerprint density at radius 1 is 0.942 bits per heavy atom. The van der Waals surface area contributed by atoms with E-state index in [1.54, 1.807) is 60.7 Å². The molecule has 16 heteroatoms. The quantitative estimate of drug-likeness (QED) is 0.0605. The minimum absolute atomic E-state index is 0.0262. The molecule has 0 bridgehead atoms. The van der Waals surface area contributed by atoms with Crippen LogP contribution in [0.25, 0.3) is 11.2 Å². The highest BCUT2D eigenvalue weighted by molar-refractivity contribution is 6.28. The van der Waals surface area contributed by atoms with Crippen LogP contribution in [0.3, 0.4) is 0 Å². The topological polar surface area (TPSA) is 187 Å². The molecule has 3 N–H and O–H groups in total. The van der Waals surface area contributed by atoms with Crippen LogP contribution in [0.1, 0.15) is 33.3 Å². The summed E-state index contributed by atoms with van der Waals surface area (Å²) in [6.45, 7) is -0.493. The molecule has 6 rings (SSSR count). The number of methoxy groups -OCH3 is 1. The predicted octanol–water partition coefficient (Wildman–Crippen LogP) is 4.40. The van der Waals surface area contributed by atoms with E-state index < -0.39 is 54.2 Å². The molecule has 0 radical (unpaired) electrons. The first kappa shape index (κ1) is 35.8. The number of benzene rings is 3. The molecule has 0 amide bonds. The van der Waals surface area contributed by atoms with Crippen molar-refractivity contribution in [3.63, 3.8) is 0 Å². The highest BCUT2D eigenvalue weighted by Crippen LogP contribution is 2.37. The van der Waals surface area contributed by atoms with Crippen molar-refractivity contribution in [1.82, 2.24) is 19.5 Å². The molecule has 3 atom stereocenters. The molecule has 1 saturated heterocycles. The molecule has 3 aromatic carbocycles. The summed E-state index contributed by atoms with van der Waals surface area (Å²) in [6.07, 6.45) is -4.13. The number of hydrogen-bond acceptors (Lipinski definition) is 13. The number of esters is 3. The Morgan fingerprint density at radius 3 is 2.12 bits per heavy atom. The Morgan fingerprint density at radius 2 is 1.54 bits per heavy atom. The van der Waals surface area contributed by atoms with Crippen molar-refractivity contribution in [2.75, 3.05) is 12.8 Å². The Kier molecular flexibility index (Phi) is 10.6. The lowest BCUT2D eigenvalue weighted by atomic mass is 9.93. The van der Waals surface area contributed by atoms with E-state index in [0.29, 0.717) is 16.7 Å². The number of carbonyl (C=O) groups excluding carboxylic acids is 3. The molecular formula is C36H31ClFN5O9. The van der Waals surface area contributed by atoms with Crippen molar-refractivity contribution < 1.29 is 47.6 Å². The van der Waals surface area contributed by atoms with Crippen molar-refractivity contribution in [2.24, 2.45) is 0 Å². The van der Waals surface area contributed by atoms with Gasteiger partial charge in [-0.1, -0.05) is 72.8 Å². The summed E-state index contributed by atoms with van der Waals surface area (Å²) in [5, 5.41) is 10.7. The minimum atomic E-state index is -2.58. The van der Waals surface area contributed by atoms with Crippen molar-refractivity contribution in [3.05, 3.63) is 131 Å². The number of halogens is 2. The zero-order valence-electron chi connectivity index (χ0n) is 27.4. The average molecular weight is 732 g/mol. The van der Waals surface area contributed by atoms with Crippen LogP contribution in [0, 0.1) is 0 Å². The zero-order valence-corrected chi connectivity index (χ0v) is 28.2. The van der Waals surface area contributed by atoms with Gasteiger partial charge in [0.2, 0.25) is 11.5 Å². The largest absolute Gasteiger partial charge is 0.468 e. The van der Waals surface area contributed by atoms with E-state index in [4.69, 9.17) is 41.0 Å². The number of nitrogens with zero attached hydrogens (tertiary/aromatic N) is 4. The SMILES string of the molecule is COC(=O)c1ccc(CC(O/C=C2/O[C@@H](n3cnc4c(N)nc(Cl)nc43)[C@@H](F)[C@@H]2O)(C(=O)OCc2ccccc2)C(=O)OCc2ccccc2)cc1. The highest BCUT2D eigenvalue weighted by atomic mass is 35.5. The monoisotopic (exact) mass is 731 g/mol. The summed E-state index contributed by atoms with van der Waals surface area (Å²) in [6, 6.07) is 23.3. The molecule has 2 aromatic heterocycles. The fourth-order valence-electron chi connectivity index (χ4n) is 5.36. The number of fused-ring (bicyclic) bond motifs is 1. The van der Waals surface area contributed by atoms with Gasteiger partial charge in [-0.2, -0.15) is 9.97 Å². The van der Waals surface area contributed by atoms with Gasteiger partial charge in [-0.15, -0.1) is 0 Å². The van der Waals surface area contributed by atoms with Gasteiger partial charge in [0.25, 0.3) is 0 Å². The van der Waals surface area contributed by atoms with Gasteiger partial charge in [0.05, 0.1) is 12.7 Å². The number of aliphatic hydroxyl groups is 1. The Hall–Kier alpha value is -6.06. The number of aromatic nitrogens is 4. The van der Waals surface area contributed by atoms with Crippen LogP contribution in [0.5, 0.6) is 0 Å². The van der Waals surface area contributed by atoms with Gasteiger partial charge >= 0.3 is 23.5 Å². The van der Waals surface area contributed by atoms with Crippen molar-refractivity contribution in [2.45, 2.75) is 43.7 Å². The maximum Gasteiger partial charge on any atom is 0.363 e. The van der Waals surface area contributed by atoms with E-state index in [1.807, 2.05) is 0 Å². The number of nitrogens with two attached hydrogens (primary N) is 1. The lowest BCUT2D eigenvalue weighted by Crippen LogP contribution is -2.52. The summed E-state index contributed by atoms with van der Waals surface area (Å²) in [5.41, 5.74) is 5.22. The Balaban J connectivity index is 1.37. The number of rotatable bonds is 12. The molecule has 0 aliphatic carbocycles. The molecule has 0 saturated carbocycles. The van der Waals surface area contributed by atoms with E-state index in [0.717, 1.165) is 10.8 Å². The smallest absolute Gasteiger partial charge is 0.363 e. The maximum atomic E-state index is 15.7. The third-order valence-corrected chi connectivity index (χ3v) is 8.28. The molecule has 1 aliphatic rings. The van der Waals surface area contributed by atoms with Gasteiger partial charge in [0, 0.05) is 6.42 Å². The van der Waals surface area contributed by atoms with Crippen molar-refractivity contribution in [3.8, 4) is 0 Å². The van der Waals surface area contributed by atoms with E-state index in [1.165, 1.54) is 37.7 Å². The van der Waals surface area contributed by atoms with Crippen LogP contribution >= 0.6 is 11.6 Å². The van der Waals surface area contributed by atoms with Crippen LogP contribution in [0.2, 0.25) is 5.28 Å². The first-order valence-electron chi connectivity index (χ1n) is 15.7. The summed E-state index contributed by atoms with van der Waals surface area (Å²) < 4.78 is 44.7. The summed E-state index contributed by atoms with van der Waals surface area (Å²) in [4.78, 5) is 52.4. The fraction of sp³-hybridized carbons (Fsp3) is 0.222. The van der Waals surface area contributed by atoms with E-state index in [2.05, 4.69) is 15.0 Å². The van der Waals surface area contributed by atoms with Crippen LogP contribution < -0.4 is 5.73 Å². The normalized spacial score (nSPS) is 17.8. The zero-order chi connectivity index (χ0) is 36.8. The number of nitrogen functional groups attached to an aromatic ring is 1. The number of alkyl halides is 1. The predicted molar refractivity (Wildman–Crippen MR) is 182 cm³/mol. The molecule has 3 heterocycles. The molecular weight excluding hydrogens is 701 g/mol. The molecule has 268 valence electrons. The number of anilines is 1. The third-order valence-electron chi connectivity index (χ3n) is 8.11. The van der Waals surface area contributed by atoms with Gasteiger partial charge < -0.3 is 34.5 Å². The standard InChI is InChI=1S/C36H31ClFN5O9/c1-48-32(45)24-14-12-21(13-15-24)16-36(33(46)49-17-22-8-4-2-5-9-22,34(47)50-18-23-10-6-3-7-11-23)51-19-25-28(44)26(38)31(52-25)43-20-40-27-29(39)41-35(37)42-30(27)43/h2-15,19-20,26,28,31,44H,16-18H2,1H3,(H2,39,41,42)/b25-19+/t26-,28+,31+/m0/s1. The van der Waals surface area contributed by atoms with Gasteiger partial charge in [0.1, 0.15) is 31.3 Å². The fourth-order valence-corrected chi connectivity index (χ4v) is 5.53. The van der Waals surface area contributed by atoms with E-state index in [-0.39, 0.29) is 41.0 Å². The number of ether oxygens (including phenoxy) is 5. The second-order valence-corrected chi connectivity index (χ2v) is 11.9. The maximum absolute atomic E-state index is 15.7. The first-order valence-corrected chi connectivity index (χ1v) is 16.1. The van der Waals surface area contributed by atoms with Gasteiger partial charge in [0.15, 0.2) is 29.5 Å². The van der Waals surface area contributed by atoms with Crippen LogP contribution in [0.4, 0.5) is 10.2 Å². The summed E-state index contributed by atoms with van der Waals surface area (Å²) >= 11 is 5.97. The lowest BCUT2D eigenvalue weighted by Gasteiger charge is -2.29. The molecule has 5 aromatic rings. The van der Waals surface area contributed by atoms with Crippen LogP contribution in [-0.2, 0) is 52.9 Å². The molecule has 0 unspecified atom stereocenters. The molecule has 1 aliphatic heterocycles. The van der Waals surface area contributed by atoms with E-state index >= 15 is 4.39 Å². The third kappa shape index (κ3) is 7.50. The Labute approximate surface area is 300 Å². The average Bonchev–Trinajstić information content (AvgIpc) is 3.71. The highest BCUT2D eigenvalue weighted by Gasteiger charge is 2.53. The lowest BCUT2D eigenvalue weighted by molar-refractivity contribution is -0.186. The number of imidazole rings is 1. The molecule has 0 spiro atoms. The minimum Gasteiger partial charge on any atom is -0.468 e. The molecule has 1 fully saturated rings. The Bertz CT molecular complexity index is 2040. The second kappa shape index (κ2) is 15.4. The summed E-state index contributed by atoms with van der Waals surface area (Å²) in [7, 11) is 1.23. The molecule has 52 heavy (non-hydrogen) atoms. The number of aliphatic hydroxyl groups excluding tert-OH is 1. The number of hydrogen-bond donors (Lipinski definition) is 2. The van der Waals surface area contributed by atoms with Crippen molar-refractivity contribution >= 4 is 46.5 Å². The first-order chi connectivity index (χ1) is 25.1. The second-order valence-electron chi connectivity index (χ2n) is 11.6. The van der Waals surface area contributed by atoms with Gasteiger partial charge in [-0.05, 0) is 40.4 Å². The van der Waals surface area contributed by atoms with Crippen LogP contribution in [-0.4, -0.2) is 67.5 Å². The number of carbonyl (C=O) groups is 3. The molecule has 14 nitrogen and oxygen atoms in total. The van der Waals surface area contributed by atoms with E-state index in [9.17, 15) is 19.5 Å². The van der Waals surface area contributed by atoms with Crippen molar-refractivity contribution in [1.29, 1.82) is 0 Å².